The largest absolute Gasteiger partial charge is 0.368 e. The number of carbonyl (C=O) groups excluding carboxylic acids is 1. The summed E-state index contributed by atoms with van der Waals surface area (Å²) < 4.78 is 7.64. The van der Waals surface area contributed by atoms with Gasteiger partial charge in [0.2, 0.25) is 5.91 Å². The molecule has 0 N–H and O–H groups in total. The number of carbonyl (C=O) groups is 1. The van der Waals surface area contributed by atoms with Crippen LogP contribution < -0.4 is 0 Å². The lowest BCUT2D eigenvalue weighted by molar-refractivity contribution is -0.141. The lowest BCUT2D eigenvalue weighted by Gasteiger charge is -2.29. The van der Waals surface area contributed by atoms with Crippen LogP contribution in [0.15, 0.2) is 12.4 Å². The highest BCUT2D eigenvalue weighted by atomic mass is 16.5. The molecule has 1 aliphatic rings. The zero-order valence-corrected chi connectivity index (χ0v) is 14.3. The molecule has 124 valence electrons. The minimum absolute atomic E-state index is 0.0667. The Balaban J connectivity index is 1.86. The van der Waals surface area contributed by atoms with Gasteiger partial charge in [-0.25, -0.2) is 0 Å². The van der Waals surface area contributed by atoms with Gasteiger partial charge in [0.1, 0.15) is 6.61 Å². The van der Waals surface area contributed by atoms with Crippen molar-refractivity contribution in [2.45, 2.75) is 65.1 Å². The molecule has 1 aliphatic carbocycles. The van der Waals surface area contributed by atoms with Crippen LogP contribution in [0, 0.1) is 5.92 Å². The van der Waals surface area contributed by atoms with E-state index in [-0.39, 0.29) is 24.7 Å². The van der Waals surface area contributed by atoms with E-state index in [1.807, 2.05) is 38.2 Å². The van der Waals surface area contributed by atoms with Gasteiger partial charge in [0.25, 0.3) is 0 Å². The van der Waals surface area contributed by atoms with Crippen LogP contribution in [0.3, 0.4) is 0 Å². The molecule has 2 atom stereocenters. The summed E-state index contributed by atoms with van der Waals surface area (Å²) >= 11 is 0. The molecular weight excluding hydrogens is 278 g/mol. The molecule has 1 aromatic rings. The van der Waals surface area contributed by atoms with Crippen molar-refractivity contribution in [1.82, 2.24) is 14.7 Å². The van der Waals surface area contributed by atoms with E-state index in [2.05, 4.69) is 12.0 Å². The molecule has 22 heavy (non-hydrogen) atoms. The Bertz CT molecular complexity index is 484. The summed E-state index contributed by atoms with van der Waals surface area (Å²) in [4.78, 5) is 14.4. The Morgan fingerprint density at radius 2 is 2.27 bits per heavy atom. The average Bonchev–Trinajstić information content (AvgIpc) is 2.87. The summed E-state index contributed by atoms with van der Waals surface area (Å²) in [5.74, 6) is 0.780. The fourth-order valence-electron chi connectivity index (χ4n) is 3.11. The lowest BCUT2D eigenvalue weighted by atomic mass is 9.89. The fourth-order valence-corrected chi connectivity index (χ4v) is 3.11. The van der Waals surface area contributed by atoms with Crippen LogP contribution >= 0.6 is 0 Å². The Morgan fingerprint density at radius 1 is 1.50 bits per heavy atom. The standard InChI is InChI=1S/C17H29N3O2/c1-13(2)20(11-15-9-18-19(4)10-15)17(21)12-22-16-7-5-6-14(3)8-16/h9-10,13-14,16H,5-8,11-12H2,1-4H3. The Kier molecular flexibility index (Phi) is 6.00. The van der Waals surface area contributed by atoms with Crippen molar-refractivity contribution in [3.05, 3.63) is 18.0 Å². The van der Waals surface area contributed by atoms with Crippen molar-refractivity contribution in [2.24, 2.45) is 13.0 Å². The molecule has 0 aliphatic heterocycles. The monoisotopic (exact) mass is 307 g/mol. The summed E-state index contributed by atoms with van der Waals surface area (Å²) in [5, 5.41) is 4.16. The third-order valence-electron chi connectivity index (χ3n) is 4.39. The number of amides is 1. The minimum atomic E-state index is 0.0667. The molecule has 1 saturated carbocycles. The first-order valence-electron chi connectivity index (χ1n) is 8.34. The van der Waals surface area contributed by atoms with Gasteiger partial charge in [0.15, 0.2) is 0 Å². The predicted molar refractivity (Wildman–Crippen MR) is 86.3 cm³/mol. The van der Waals surface area contributed by atoms with E-state index in [1.165, 1.54) is 12.8 Å². The molecular formula is C17H29N3O2. The lowest BCUT2D eigenvalue weighted by Crippen LogP contribution is -2.39. The van der Waals surface area contributed by atoms with Crippen LogP contribution in [-0.4, -0.2) is 39.3 Å². The van der Waals surface area contributed by atoms with Crippen molar-refractivity contribution in [3.8, 4) is 0 Å². The second kappa shape index (κ2) is 7.77. The first-order valence-corrected chi connectivity index (χ1v) is 8.34. The van der Waals surface area contributed by atoms with Crippen molar-refractivity contribution in [1.29, 1.82) is 0 Å². The highest BCUT2D eigenvalue weighted by Crippen LogP contribution is 2.25. The van der Waals surface area contributed by atoms with Gasteiger partial charge in [-0.2, -0.15) is 5.10 Å². The number of ether oxygens (including phenoxy) is 1. The SMILES string of the molecule is CC1CCCC(OCC(=O)N(Cc2cnn(C)c2)C(C)C)C1. The van der Waals surface area contributed by atoms with Crippen molar-refractivity contribution in [3.63, 3.8) is 0 Å². The first kappa shape index (κ1) is 17.0. The Labute approximate surface area is 133 Å². The maximum Gasteiger partial charge on any atom is 0.249 e. The smallest absolute Gasteiger partial charge is 0.249 e. The molecule has 1 fully saturated rings. The van der Waals surface area contributed by atoms with E-state index in [4.69, 9.17) is 4.74 Å². The van der Waals surface area contributed by atoms with E-state index in [9.17, 15) is 4.79 Å². The zero-order chi connectivity index (χ0) is 16.1. The van der Waals surface area contributed by atoms with E-state index >= 15 is 0 Å². The molecule has 2 rings (SSSR count). The van der Waals surface area contributed by atoms with Gasteiger partial charge >= 0.3 is 0 Å². The van der Waals surface area contributed by atoms with Crippen molar-refractivity contribution in [2.75, 3.05) is 6.61 Å². The number of rotatable bonds is 6. The summed E-state index contributed by atoms with van der Waals surface area (Å²) in [6.07, 6.45) is 8.68. The zero-order valence-electron chi connectivity index (χ0n) is 14.3. The molecule has 0 saturated heterocycles. The molecule has 0 radical (unpaired) electrons. The average molecular weight is 307 g/mol. The van der Waals surface area contributed by atoms with Gasteiger partial charge in [-0.15, -0.1) is 0 Å². The normalized spacial score (nSPS) is 22.0. The van der Waals surface area contributed by atoms with Gasteiger partial charge in [-0.1, -0.05) is 19.8 Å². The third-order valence-corrected chi connectivity index (χ3v) is 4.39. The second-order valence-corrected chi connectivity index (χ2v) is 6.84. The number of hydrogen-bond acceptors (Lipinski definition) is 3. The molecule has 1 heterocycles. The summed E-state index contributed by atoms with van der Waals surface area (Å²) in [7, 11) is 1.89. The number of aryl methyl sites for hydroxylation is 1. The second-order valence-electron chi connectivity index (χ2n) is 6.84. The topological polar surface area (TPSA) is 47.4 Å². The van der Waals surface area contributed by atoms with Crippen LogP contribution in [0.25, 0.3) is 0 Å². The van der Waals surface area contributed by atoms with E-state index in [1.54, 1.807) is 4.68 Å². The quantitative estimate of drug-likeness (QED) is 0.812. The summed E-state index contributed by atoms with van der Waals surface area (Å²) in [6, 6.07) is 0.154. The number of aromatic nitrogens is 2. The Hall–Kier alpha value is -1.36. The third kappa shape index (κ3) is 4.83. The number of nitrogens with zero attached hydrogens (tertiary/aromatic N) is 3. The van der Waals surface area contributed by atoms with Gasteiger partial charge in [-0.05, 0) is 32.6 Å². The maximum absolute atomic E-state index is 12.5. The van der Waals surface area contributed by atoms with Crippen LogP contribution in [0.4, 0.5) is 0 Å². The highest BCUT2D eigenvalue weighted by molar-refractivity contribution is 5.77. The van der Waals surface area contributed by atoms with Crippen LogP contribution in [0.5, 0.6) is 0 Å². The van der Waals surface area contributed by atoms with Gasteiger partial charge in [0.05, 0.1) is 12.3 Å². The van der Waals surface area contributed by atoms with Gasteiger partial charge in [0, 0.05) is 31.4 Å². The molecule has 1 aromatic heterocycles. The first-order chi connectivity index (χ1) is 10.5. The van der Waals surface area contributed by atoms with Gasteiger partial charge in [-0.3, -0.25) is 9.48 Å². The van der Waals surface area contributed by atoms with E-state index < -0.39 is 0 Å². The molecule has 5 nitrogen and oxygen atoms in total. The molecule has 0 bridgehead atoms. The Morgan fingerprint density at radius 3 is 2.86 bits per heavy atom. The molecule has 1 amide bonds. The van der Waals surface area contributed by atoms with Crippen molar-refractivity contribution < 1.29 is 9.53 Å². The molecule has 2 unspecified atom stereocenters. The van der Waals surface area contributed by atoms with Crippen LogP contribution in [0.2, 0.25) is 0 Å². The van der Waals surface area contributed by atoms with E-state index in [0.717, 1.165) is 18.4 Å². The molecule has 5 heteroatoms. The highest BCUT2D eigenvalue weighted by Gasteiger charge is 2.23. The minimum Gasteiger partial charge on any atom is -0.368 e. The molecule has 0 spiro atoms. The van der Waals surface area contributed by atoms with Gasteiger partial charge < -0.3 is 9.64 Å². The van der Waals surface area contributed by atoms with E-state index in [0.29, 0.717) is 12.5 Å². The van der Waals surface area contributed by atoms with Crippen LogP contribution in [-0.2, 0) is 23.1 Å². The summed E-state index contributed by atoms with van der Waals surface area (Å²) in [6.45, 7) is 7.12. The maximum atomic E-state index is 12.5. The fraction of sp³-hybridized carbons (Fsp3) is 0.765. The predicted octanol–water partition coefficient (Wildman–Crippen LogP) is 2.75. The molecule has 0 aromatic carbocycles. The number of hydrogen-bond donors (Lipinski definition) is 0. The van der Waals surface area contributed by atoms with Crippen molar-refractivity contribution >= 4 is 5.91 Å². The van der Waals surface area contributed by atoms with Crippen LogP contribution in [0.1, 0.15) is 52.0 Å². The summed E-state index contributed by atoms with van der Waals surface area (Å²) in [5.41, 5.74) is 1.05.